The van der Waals surface area contributed by atoms with E-state index in [-0.39, 0.29) is 0 Å². The summed E-state index contributed by atoms with van der Waals surface area (Å²) in [6.45, 7) is 4.29. The Bertz CT molecular complexity index is 404. The Morgan fingerprint density at radius 2 is 2.11 bits per heavy atom. The number of hydrogen-bond acceptors (Lipinski definition) is 3. The summed E-state index contributed by atoms with van der Waals surface area (Å²) in [6.07, 6.45) is 5.63. The highest BCUT2D eigenvalue weighted by Crippen LogP contribution is 2.24. The first kappa shape index (κ1) is 15.0. The Morgan fingerprint density at radius 1 is 1.37 bits per heavy atom. The number of halogens is 2. The fourth-order valence-electron chi connectivity index (χ4n) is 2.57. The lowest BCUT2D eigenvalue weighted by Gasteiger charge is -2.32. The highest BCUT2D eigenvalue weighted by molar-refractivity contribution is 6.34. The number of nitrogens with zero attached hydrogens (tertiary/aromatic N) is 2. The highest BCUT2D eigenvalue weighted by Gasteiger charge is 2.19. The van der Waals surface area contributed by atoms with Crippen LogP contribution < -0.4 is 5.32 Å². The molecule has 1 saturated heterocycles. The van der Waals surface area contributed by atoms with E-state index in [2.05, 4.69) is 15.2 Å². The van der Waals surface area contributed by atoms with Crippen LogP contribution in [0.2, 0.25) is 10.2 Å². The molecular formula is C14H21Cl2N3. The van der Waals surface area contributed by atoms with Gasteiger partial charge in [-0.05, 0) is 57.9 Å². The zero-order valence-corrected chi connectivity index (χ0v) is 12.8. The SMILES string of the molecule is CNCCC1CCN(Cc2cnc(Cl)cc2Cl)CC1. The van der Waals surface area contributed by atoms with Gasteiger partial charge in [-0.2, -0.15) is 0 Å². The number of pyridine rings is 1. The van der Waals surface area contributed by atoms with Crippen molar-refractivity contribution in [1.82, 2.24) is 15.2 Å². The van der Waals surface area contributed by atoms with Crippen molar-refractivity contribution in [2.75, 3.05) is 26.7 Å². The van der Waals surface area contributed by atoms with Crippen molar-refractivity contribution < 1.29 is 0 Å². The number of hydrogen-bond donors (Lipinski definition) is 1. The molecule has 19 heavy (non-hydrogen) atoms. The summed E-state index contributed by atoms with van der Waals surface area (Å²) in [7, 11) is 2.02. The minimum atomic E-state index is 0.458. The zero-order chi connectivity index (χ0) is 13.7. The smallest absolute Gasteiger partial charge is 0.130 e. The van der Waals surface area contributed by atoms with Crippen LogP contribution in [0.25, 0.3) is 0 Å². The molecule has 1 aliphatic heterocycles. The molecule has 1 aromatic rings. The minimum absolute atomic E-state index is 0.458. The van der Waals surface area contributed by atoms with Gasteiger partial charge in [0, 0.05) is 23.3 Å². The molecule has 3 nitrogen and oxygen atoms in total. The molecule has 1 aliphatic rings. The summed E-state index contributed by atoms with van der Waals surface area (Å²) in [5, 5.41) is 4.40. The molecule has 0 aromatic carbocycles. The van der Waals surface area contributed by atoms with Crippen LogP contribution in [0.5, 0.6) is 0 Å². The molecule has 1 fully saturated rings. The van der Waals surface area contributed by atoms with E-state index in [1.54, 1.807) is 12.3 Å². The second-order valence-electron chi connectivity index (χ2n) is 5.21. The lowest BCUT2D eigenvalue weighted by atomic mass is 9.93. The van der Waals surface area contributed by atoms with Gasteiger partial charge in [0.1, 0.15) is 5.15 Å². The van der Waals surface area contributed by atoms with Gasteiger partial charge in [-0.25, -0.2) is 4.98 Å². The van der Waals surface area contributed by atoms with Crippen molar-refractivity contribution in [2.45, 2.75) is 25.8 Å². The van der Waals surface area contributed by atoms with Gasteiger partial charge in [-0.3, -0.25) is 4.90 Å². The highest BCUT2D eigenvalue weighted by atomic mass is 35.5. The van der Waals surface area contributed by atoms with Crippen LogP contribution in [0, 0.1) is 5.92 Å². The number of aromatic nitrogens is 1. The standard InChI is InChI=1S/C14H21Cl2N3/c1-17-5-2-11-3-6-19(7-4-11)10-12-9-18-14(16)8-13(12)15/h8-9,11,17H,2-7,10H2,1H3. The molecule has 0 saturated carbocycles. The fraction of sp³-hybridized carbons (Fsp3) is 0.643. The summed E-state index contributed by atoms with van der Waals surface area (Å²) in [5.74, 6) is 0.863. The van der Waals surface area contributed by atoms with Crippen LogP contribution in [0.4, 0.5) is 0 Å². The van der Waals surface area contributed by atoms with Crippen molar-refractivity contribution in [3.63, 3.8) is 0 Å². The summed E-state index contributed by atoms with van der Waals surface area (Å²) in [5.41, 5.74) is 1.07. The van der Waals surface area contributed by atoms with Gasteiger partial charge in [0.2, 0.25) is 0 Å². The van der Waals surface area contributed by atoms with Crippen molar-refractivity contribution >= 4 is 23.2 Å². The van der Waals surface area contributed by atoms with Crippen LogP contribution in [0.1, 0.15) is 24.8 Å². The number of piperidine rings is 1. The molecule has 2 rings (SSSR count). The van der Waals surface area contributed by atoms with Gasteiger partial charge < -0.3 is 5.32 Å². The van der Waals surface area contributed by atoms with Crippen molar-refractivity contribution in [1.29, 1.82) is 0 Å². The maximum absolute atomic E-state index is 6.19. The zero-order valence-electron chi connectivity index (χ0n) is 11.3. The van der Waals surface area contributed by atoms with E-state index in [1.807, 2.05) is 7.05 Å². The van der Waals surface area contributed by atoms with Crippen LogP contribution in [0.3, 0.4) is 0 Å². The van der Waals surface area contributed by atoms with Crippen molar-refractivity contribution in [3.8, 4) is 0 Å². The number of nitrogens with one attached hydrogen (secondary N) is 1. The first-order chi connectivity index (χ1) is 9.19. The Labute approximate surface area is 125 Å². The average Bonchev–Trinajstić information content (AvgIpc) is 2.41. The first-order valence-electron chi connectivity index (χ1n) is 6.86. The van der Waals surface area contributed by atoms with E-state index in [1.165, 1.54) is 19.3 Å². The van der Waals surface area contributed by atoms with Crippen molar-refractivity contribution in [3.05, 3.63) is 28.0 Å². The van der Waals surface area contributed by atoms with Gasteiger partial charge >= 0.3 is 0 Å². The molecule has 1 aromatic heterocycles. The monoisotopic (exact) mass is 301 g/mol. The molecule has 1 N–H and O–H groups in total. The van der Waals surface area contributed by atoms with Gasteiger partial charge in [0.05, 0.1) is 0 Å². The first-order valence-corrected chi connectivity index (χ1v) is 7.61. The van der Waals surface area contributed by atoms with E-state index in [0.717, 1.165) is 42.7 Å². The van der Waals surface area contributed by atoms with Crippen LogP contribution in [-0.2, 0) is 6.54 Å². The Hall–Kier alpha value is -0.350. The molecule has 106 valence electrons. The molecule has 0 unspecified atom stereocenters. The maximum atomic E-state index is 6.19. The second kappa shape index (κ2) is 7.44. The van der Waals surface area contributed by atoms with Gasteiger partial charge in [0.25, 0.3) is 0 Å². The summed E-state index contributed by atoms with van der Waals surface area (Å²) in [6, 6.07) is 1.72. The van der Waals surface area contributed by atoms with Gasteiger partial charge in [0.15, 0.2) is 0 Å². The predicted octanol–water partition coefficient (Wildman–Crippen LogP) is 3.21. The third kappa shape index (κ3) is 4.60. The molecule has 0 amide bonds. The lowest BCUT2D eigenvalue weighted by Crippen LogP contribution is -2.34. The Balaban J connectivity index is 1.82. The van der Waals surface area contributed by atoms with E-state index >= 15 is 0 Å². The molecule has 0 aliphatic carbocycles. The van der Waals surface area contributed by atoms with E-state index in [0.29, 0.717) is 5.15 Å². The quantitative estimate of drug-likeness (QED) is 0.847. The average molecular weight is 302 g/mol. The van der Waals surface area contributed by atoms with E-state index < -0.39 is 0 Å². The molecule has 5 heteroatoms. The topological polar surface area (TPSA) is 28.2 Å². The summed E-state index contributed by atoms with van der Waals surface area (Å²) >= 11 is 12.0. The van der Waals surface area contributed by atoms with Crippen molar-refractivity contribution in [2.24, 2.45) is 5.92 Å². The fourth-order valence-corrected chi connectivity index (χ4v) is 3.00. The molecule has 0 atom stereocenters. The molecule has 0 bridgehead atoms. The Kier molecular flexibility index (Phi) is 5.89. The third-order valence-electron chi connectivity index (χ3n) is 3.80. The van der Waals surface area contributed by atoms with Crippen LogP contribution in [0.15, 0.2) is 12.3 Å². The van der Waals surface area contributed by atoms with Crippen LogP contribution in [-0.4, -0.2) is 36.6 Å². The van der Waals surface area contributed by atoms with E-state index in [9.17, 15) is 0 Å². The third-order valence-corrected chi connectivity index (χ3v) is 4.36. The largest absolute Gasteiger partial charge is 0.320 e. The predicted molar refractivity (Wildman–Crippen MR) is 80.8 cm³/mol. The van der Waals surface area contributed by atoms with Crippen LogP contribution >= 0.6 is 23.2 Å². The summed E-state index contributed by atoms with van der Waals surface area (Å²) in [4.78, 5) is 6.56. The van der Waals surface area contributed by atoms with Gasteiger partial charge in [-0.15, -0.1) is 0 Å². The molecule has 0 spiro atoms. The minimum Gasteiger partial charge on any atom is -0.320 e. The molecule has 0 radical (unpaired) electrons. The summed E-state index contributed by atoms with van der Waals surface area (Å²) < 4.78 is 0. The number of likely N-dealkylation sites (tertiary alicyclic amines) is 1. The Morgan fingerprint density at radius 3 is 2.74 bits per heavy atom. The molecular weight excluding hydrogens is 281 g/mol. The normalized spacial score (nSPS) is 17.8. The lowest BCUT2D eigenvalue weighted by molar-refractivity contribution is 0.172. The number of rotatable bonds is 5. The maximum Gasteiger partial charge on any atom is 0.130 e. The molecule has 2 heterocycles. The second-order valence-corrected chi connectivity index (χ2v) is 6.00. The van der Waals surface area contributed by atoms with E-state index in [4.69, 9.17) is 23.2 Å². The van der Waals surface area contributed by atoms with Gasteiger partial charge in [-0.1, -0.05) is 23.2 Å².